The Morgan fingerprint density at radius 2 is 2.25 bits per heavy atom. The predicted molar refractivity (Wildman–Crippen MR) is 71.6 cm³/mol. The fourth-order valence-corrected chi connectivity index (χ4v) is 2.82. The van der Waals surface area contributed by atoms with Crippen LogP contribution in [0.4, 0.5) is 0 Å². The molecule has 0 amide bonds. The van der Waals surface area contributed by atoms with Gasteiger partial charge < -0.3 is 10.6 Å². The molecule has 0 aliphatic rings. The third-order valence-corrected chi connectivity index (χ3v) is 3.81. The molecule has 0 fully saturated rings. The summed E-state index contributed by atoms with van der Waals surface area (Å²) >= 11 is 1.90. The molecule has 2 atom stereocenters. The zero-order valence-electron chi connectivity index (χ0n) is 10.3. The van der Waals surface area contributed by atoms with E-state index in [0.717, 1.165) is 12.3 Å². The van der Waals surface area contributed by atoms with Crippen LogP contribution in [0.1, 0.15) is 17.7 Å². The fourth-order valence-electron chi connectivity index (χ4n) is 1.46. The second-order valence-electron chi connectivity index (χ2n) is 4.24. The van der Waals surface area contributed by atoms with Gasteiger partial charge in [-0.1, -0.05) is 6.07 Å². The lowest BCUT2D eigenvalue weighted by atomic mass is 10.1. The molecule has 1 heterocycles. The Labute approximate surface area is 102 Å². The van der Waals surface area contributed by atoms with Crippen LogP contribution in [0.5, 0.6) is 0 Å². The molecule has 0 bridgehead atoms. The van der Waals surface area contributed by atoms with Crippen LogP contribution in [0.2, 0.25) is 0 Å². The van der Waals surface area contributed by atoms with Crippen molar-refractivity contribution in [2.75, 3.05) is 26.4 Å². The molecule has 1 rings (SSSR count). The average molecular weight is 239 g/mol. The van der Waals surface area contributed by atoms with E-state index >= 15 is 0 Å². The number of hydrogen-bond acceptors (Lipinski definition) is 4. The van der Waals surface area contributed by atoms with Gasteiger partial charge in [0.25, 0.3) is 0 Å². The first-order chi connectivity index (χ1) is 7.61. The third kappa shape index (κ3) is 4.51. The predicted octanol–water partition coefficient (Wildman–Crippen LogP) is 1.76. The van der Waals surface area contributed by atoms with Crippen LogP contribution < -0.4 is 5.73 Å². The third-order valence-electron chi connectivity index (χ3n) is 2.33. The minimum atomic E-state index is 0.149. The highest BCUT2D eigenvalue weighted by atomic mass is 32.2. The number of rotatable bonds is 6. The summed E-state index contributed by atoms with van der Waals surface area (Å²) in [6.45, 7) is 3.13. The van der Waals surface area contributed by atoms with Crippen molar-refractivity contribution in [3.63, 3.8) is 0 Å². The van der Waals surface area contributed by atoms with E-state index in [9.17, 15) is 0 Å². The van der Waals surface area contributed by atoms with E-state index in [1.807, 2.05) is 24.0 Å². The molecule has 0 saturated carbocycles. The van der Waals surface area contributed by atoms with Gasteiger partial charge in [0.15, 0.2) is 0 Å². The van der Waals surface area contributed by atoms with E-state index in [2.05, 4.69) is 37.0 Å². The molecule has 2 N–H and O–H groups in total. The highest BCUT2D eigenvalue weighted by Crippen LogP contribution is 2.30. The molecular weight excluding hydrogens is 218 g/mol. The molecular formula is C12H21N3S. The van der Waals surface area contributed by atoms with Crippen LogP contribution in [0.15, 0.2) is 24.5 Å². The summed E-state index contributed by atoms with van der Waals surface area (Å²) in [4.78, 5) is 6.34. The smallest absolute Gasteiger partial charge is 0.0461 e. The monoisotopic (exact) mass is 239 g/mol. The number of nitrogens with zero attached hydrogens (tertiary/aromatic N) is 2. The largest absolute Gasteiger partial charge is 0.327 e. The lowest BCUT2D eigenvalue weighted by Gasteiger charge is -2.21. The zero-order valence-corrected chi connectivity index (χ0v) is 11.1. The summed E-state index contributed by atoms with van der Waals surface area (Å²) < 4.78 is 0. The topological polar surface area (TPSA) is 42.1 Å². The molecule has 1 aromatic rings. The van der Waals surface area contributed by atoms with Gasteiger partial charge in [-0.3, -0.25) is 4.98 Å². The maximum Gasteiger partial charge on any atom is 0.0461 e. The second kappa shape index (κ2) is 6.89. The molecule has 0 aliphatic heterocycles. The van der Waals surface area contributed by atoms with Gasteiger partial charge in [0.2, 0.25) is 0 Å². The summed E-state index contributed by atoms with van der Waals surface area (Å²) in [6.07, 6.45) is 3.71. The summed E-state index contributed by atoms with van der Waals surface area (Å²) in [6, 6.07) is 4.22. The van der Waals surface area contributed by atoms with Crippen LogP contribution in [0.25, 0.3) is 0 Å². The lowest BCUT2D eigenvalue weighted by molar-refractivity contribution is 0.437. The molecule has 0 aromatic carbocycles. The molecule has 16 heavy (non-hydrogen) atoms. The maximum absolute atomic E-state index is 6.02. The molecule has 1 aromatic heterocycles. The fraction of sp³-hybridized carbons (Fsp3) is 0.583. The molecule has 0 aliphatic carbocycles. The first-order valence-electron chi connectivity index (χ1n) is 5.53. The Morgan fingerprint density at radius 1 is 1.50 bits per heavy atom. The van der Waals surface area contributed by atoms with E-state index in [1.54, 1.807) is 6.20 Å². The van der Waals surface area contributed by atoms with Gasteiger partial charge in [0.05, 0.1) is 0 Å². The van der Waals surface area contributed by atoms with Gasteiger partial charge in [-0.25, -0.2) is 0 Å². The minimum Gasteiger partial charge on any atom is -0.327 e. The van der Waals surface area contributed by atoms with Crippen molar-refractivity contribution < 1.29 is 0 Å². The van der Waals surface area contributed by atoms with Crippen LogP contribution in [-0.2, 0) is 0 Å². The van der Waals surface area contributed by atoms with E-state index in [0.29, 0.717) is 5.25 Å². The summed E-state index contributed by atoms with van der Waals surface area (Å²) in [5.41, 5.74) is 7.25. The van der Waals surface area contributed by atoms with Crippen molar-refractivity contribution in [2.24, 2.45) is 5.73 Å². The van der Waals surface area contributed by atoms with Crippen molar-refractivity contribution in [1.29, 1.82) is 0 Å². The minimum absolute atomic E-state index is 0.149. The Balaban J connectivity index is 2.55. The van der Waals surface area contributed by atoms with Crippen molar-refractivity contribution in [3.8, 4) is 0 Å². The van der Waals surface area contributed by atoms with Crippen molar-refractivity contribution in [3.05, 3.63) is 30.1 Å². The molecule has 2 unspecified atom stereocenters. The van der Waals surface area contributed by atoms with E-state index in [4.69, 9.17) is 5.73 Å². The molecule has 0 saturated heterocycles. The SMILES string of the molecule is CC(N)C(SCCN(C)C)c1cccnc1. The Kier molecular flexibility index (Phi) is 5.80. The zero-order chi connectivity index (χ0) is 12.0. The Hall–Kier alpha value is -0.580. The van der Waals surface area contributed by atoms with E-state index in [-0.39, 0.29) is 6.04 Å². The highest BCUT2D eigenvalue weighted by Gasteiger charge is 2.16. The average Bonchev–Trinajstić information content (AvgIpc) is 2.25. The molecule has 4 heteroatoms. The lowest BCUT2D eigenvalue weighted by Crippen LogP contribution is -2.24. The van der Waals surface area contributed by atoms with Crippen LogP contribution in [-0.4, -0.2) is 42.3 Å². The number of nitrogens with two attached hydrogens (primary N) is 1. The number of aromatic nitrogens is 1. The van der Waals surface area contributed by atoms with Gasteiger partial charge in [0.1, 0.15) is 0 Å². The summed E-state index contributed by atoms with van der Waals surface area (Å²) in [5.74, 6) is 1.09. The Bertz CT molecular complexity index is 288. The van der Waals surface area contributed by atoms with Crippen molar-refractivity contribution >= 4 is 11.8 Å². The molecule has 0 spiro atoms. The van der Waals surface area contributed by atoms with Gasteiger partial charge in [-0.05, 0) is 32.6 Å². The van der Waals surface area contributed by atoms with Gasteiger partial charge in [-0.15, -0.1) is 0 Å². The standard InChI is InChI=1S/C12H21N3S/c1-10(13)12(16-8-7-15(2)3)11-5-4-6-14-9-11/h4-6,9-10,12H,7-8,13H2,1-3H3. The van der Waals surface area contributed by atoms with Gasteiger partial charge >= 0.3 is 0 Å². The molecule has 3 nitrogen and oxygen atoms in total. The first-order valence-corrected chi connectivity index (χ1v) is 6.58. The number of thioether (sulfide) groups is 1. The molecule has 90 valence electrons. The van der Waals surface area contributed by atoms with Crippen LogP contribution in [0.3, 0.4) is 0 Å². The van der Waals surface area contributed by atoms with Crippen LogP contribution in [0, 0.1) is 0 Å². The summed E-state index contributed by atoms with van der Waals surface area (Å²) in [7, 11) is 4.18. The number of hydrogen-bond donors (Lipinski definition) is 1. The quantitative estimate of drug-likeness (QED) is 0.821. The highest BCUT2D eigenvalue weighted by molar-refractivity contribution is 7.99. The van der Waals surface area contributed by atoms with E-state index < -0.39 is 0 Å². The Morgan fingerprint density at radius 3 is 2.75 bits per heavy atom. The number of pyridine rings is 1. The first kappa shape index (κ1) is 13.5. The van der Waals surface area contributed by atoms with E-state index in [1.165, 1.54) is 5.56 Å². The van der Waals surface area contributed by atoms with Crippen LogP contribution >= 0.6 is 11.8 Å². The van der Waals surface area contributed by atoms with Gasteiger partial charge in [-0.2, -0.15) is 11.8 Å². The second-order valence-corrected chi connectivity index (χ2v) is 5.49. The van der Waals surface area contributed by atoms with Crippen molar-refractivity contribution in [2.45, 2.75) is 18.2 Å². The maximum atomic E-state index is 6.02. The molecule has 0 radical (unpaired) electrons. The van der Waals surface area contributed by atoms with Gasteiger partial charge in [0, 0.05) is 36.0 Å². The summed E-state index contributed by atoms with van der Waals surface area (Å²) in [5, 5.41) is 0.341. The van der Waals surface area contributed by atoms with Crippen molar-refractivity contribution in [1.82, 2.24) is 9.88 Å². The normalized spacial score (nSPS) is 15.1.